The smallest absolute Gasteiger partial charge is 0.236 e. The monoisotopic (exact) mass is 385 g/mol. The van der Waals surface area contributed by atoms with E-state index >= 15 is 0 Å². The second kappa shape index (κ2) is 8.64. The SMILES string of the molecule is CC(C)CN1C(=O)C2(CCN(C(=O)CN(C)C)CC2)C[C@@H]1Cc1ccccc1. The van der Waals surface area contributed by atoms with Crippen molar-refractivity contribution in [2.24, 2.45) is 11.3 Å². The van der Waals surface area contributed by atoms with Gasteiger partial charge >= 0.3 is 0 Å². The van der Waals surface area contributed by atoms with Gasteiger partial charge in [0, 0.05) is 25.7 Å². The number of carbonyl (C=O) groups is 2. The van der Waals surface area contributed by atoms with Crippen LogP contribution in [0.2, 0.25) is 0 Å². The van der Waals surface area contributed by atoms with Gasteiger partial charge in [-0.2, -0.15) is 0 Å². The lowest BCUT2D eigenvalue weighted by atomic mass is 9.75. The van der Waals surface area contributed by atoms with Crippen molar-refractivity contribution in [3.63, 3.8) is 0 Å². The van der Waals surface area contributed by atoms with Crippen LogP contribution in [0.15, 0.2) is 30.3 Å². The maximum atomic E-state index is 13.5. The first-order valence-electron chi connectivity index (χ1n) is 10.6. The van der Waals surface area contributed by atoms with Gasteiger partial charge in [-0.05, 0) is 51.3 Å². The zero-order chi connectivity index (χ0) is 20.3. The topological polar surface area (TPSA) is 43.9 Å². The molecule has 2 amide bonds. The van der Waals surface area contributed by atoms with Crippen LogP contribution >= 0.6 is 0 Å². The highest BCUT2D eigenvalue weighted by Crippen LogP contribution is 2.45. The first-order valence-corrected chi connectivity index (χ1v) is 10.6. The molecule has 1 aromatic rings. The molecule has 0 saturated carbocycles. The van der Waals surface area contributed by atoms with Gasteiger partial charge in [-0.25, -0.2) is 0 Å². The highest BCUT2D eigenvalue weighted by atomic mass is 16.2. The lowest BCUT2D eigenvalue weighted by Gasteiger charge is -2.38. The quantitative estimate of drug-likeness (QED) is 0.756. The van der Waals surface area contributed by atoms with Gasteiger partial charge in [-0.3, -0.25) is 9.59 Å². The fourth-order valence-corrected chi connectivity index (χ4v) is 4.79. The van der Waals surface area contributed by atoms with Crippen LogP contribution in [-0.4, -0.2) is 72.8 Å². The largest absolute Gasteiger partial charge is 0.342 e. The summed E-state index contributed by atoms with van der Waals surface area (Å²) in [5.74, 6) is 0.950. The molecule has 5 heteroatoms. The van der Waals surface area contributed by atoms with Crippen molar-refractivity contribution in [3.8, 4) is 0 Å². The molecule has 0 aromatic heterocycles. The highest BCUT2D eigenvalue weighted by Gasteiger charge is 2.52. The van der Waals surface area contributed by atoms with Gasteiger partial charge in [-0.15, -0.1) is 0 Å². The van der Waals surface area contributed by atoms with Crippen molar-refractivity contribution in [1.82, 2.24) is 14.7 Å². The fraction of sp³-hybridized carbons (Fsp3) is 0.652. The highest BCUT2D eigenvalue weighted by molar-refractivity contribution is 5.86. The Kier molecular flexibility index (Phi) is 6.43. The number of nitrogens with zero attached hydrogens (tertiary/aromatic N) is 3. The Bertz CT molecular complexity index is 678. The first-order chi connectivity index (χ1) is 13.3. The lowest BCUT2D eigenvalue weighted by Crippen LogP contribution is -2.48. The molecular weight excluding hydrogens is 350 g/mol. The van der Waals surface area contributed by atoms with Crippen molar-refractivity contribution in [2.45, 2.75) is 45.6 Å². The van der Waals surface area contributed by atoms with Crippen LogP contribution in [0.3, 0.4) is 0 Å². The molecule has 28 heavy (non-hydrogen) atoms. The van der Waals surface area contributed by atoms with Gasteiger partial charge in [0.05, 0.1) is 12.0 Å². The Morgan fingerprint density at radius 3 is 2.39 bits per heavy atom. The van der Waals surface area contributed by atoms with E-state index in [0.717, 1.165) is 32.2 Å². The van der Waals surface area contributed by atoms with Crippen LogP contribution in [0.25, 0.3) is 0 Å². The van der Waals surface area contributed by atoms with E-state index in [9.17, 15) is 9.59 Å². The van der Waals surface area contributed by atoms with Crippen molar-refractivity contribution in [3.05, 3.63) is 35.9 Å². The average Bonchev–Trinajstić information content (AvgIpc) is 2.87. The van der Waals surface area contributed by atoms with Crippen LogP contribution in [0.1, 0.15) is 38.7 Å². The summed E-state index contributed by atoms with van der Waals surface area (Å²) in [5.41, 5.74) is 1.02. The Morgan fingerprint density at radius 2 is 1.82 bits per heavy atom. The van der Waals surface area contributed by atoms with Crippen LogP contribution in [0, 0.1) is 11.3 Å². The molecule has 2 aliphatic rings. The second-order valence-electron chi connectivity index (χ2n) is 9.30. The first kappa shape index (κ1) is 20.8. The van der Waals surface area contributed by atoms with Crippen molar-refractivity contribution >= 4 is 11.8 Å². The average molecular weight is 386 g/mol. The summed E-state index contributed by atoms with van der Waals surface area (Å²) in [6.45, 7) is 7.02. The number of carbonyl (C=O) groups excluding carboxylic acids is 2. The Hall–Kier alpha value is -1.88. The Balaban J connectivity index is 1.71. The van der Waals surface area contributed by atoms with Gasteiger partial charge < -0.3 is 14.7 Å². The van der Waals surface area contributed by atoms with Gasteiger partial charge in [0.25, 0.3) is 0 Å². The van der Waals surface area contributed by atoms with Gasteiger partial charge in [0.2, 0.25) is 11.8 Å². The normalized spacial score (nSPS) is 21.9. The molecule has 0 unspecified atom stereocenters. The number of likely N-dealkylation sites (tertiary alicyclic amines) is 2. The molecule has 0 bridgehead atoms. The number of amides is 2. The zero-order valence-electron chi connectivity index (χ0n) is 17.9. The number of hydrogen-bond donors (Lipinski definition) is 0. The van der Waals surface area contributed by atoms with Gasteiger partial charge in [-0.1, -0.05) is 44.2 Å². The molecule has 0 radical (unpaired) electrons. The summed E-state index contributed by atoms with van der Waals surface area (Å²) in [7, 11) is 3.84. The molecule has 2 saturated heterocycles. The van der Waals surface area contributed by atoms with Gasteiger partial charge in [0.1, 0.15) is 0 Å². The molecular formula is C23H35N3O2. The third-order valence-electron chi connectivity index (χ3n) is 6.18. The summed E-state index contributed by atoms with van der Waals surface area (Å²) in [5, 5.41) is 0. The van der Waals surface area contributed by atoms with E-state index in [-0.39, 0.29) is 17.4 Å². The van der Waals surface area contributed by atoms with E-state index < -0.39 is 0 Å². The summed E-state index contributed by atoms with van der Waals surface area (Å²) in [4.78, 5) is 31.9. The molecule has 1 aromatic carbocycles. The lowest BCUT2D eigenvalue weighted by molar-refractivity contribution is -0.143. The number of piperidine rings is 1. The van der Waals surface area contributed by atoms with E-state index in [1.54, 1.807) is 0 Å². The predicted octanol–water partition coefficient (Wildman–Crippen LogP) is 2.66. The van der Waals surface area contributed by atoms with E-state index in [2.05, 4.69) is 43.0 Å². The standard InChI is InChI=1S/C23H35N3O2/c1-18(2)16-26-20(14-19-8-6-5-7-9-19)15-23(22(26)28)10-12-25(13-11-23)21(27)17-24(3)4/h5-9,18,20H,10-17H2,1-4H3/t20-/m0/s1. The maximum absolute atomic E-state index is 13.5. The van der Waals surface area contributed by atoms with E-state index in [4.69, 9.17) is 0 Å². The van der Waals surface area contributed by atoms with Crippen molar-refractivity contribution < 1.29 is 9.59 Å². The minimum Gasteiger partial charge on any atom is -0.342 e. The fourth-order valence-electron chi connectivity index (χ4n) is 4.79. The van der Waals surface area contributed by atoms with E-state index in [1.807, 2.05) is 30.0 Å². The predicted molar refractivity (Wildman–Crippen MR) is 112 cm³/mol. The summed E-state index contributed by atoms with van der Waals surface area (Å²) in [6, 6.07) is 10.8. The number of likely N-dealkylation sites (N-methyl/N-ethyl adjacent to an activating group) is 1. The van der Waals surface area contributed by atoms with E-state index in [1.165, 1.54) is 5.56 Å². The molecule has 2 heterocycles. The van der Waals surface area contributed by atoms with E-state index in [0.29, 0.717) is 31.5 Å². The third kappa shape index (κ3) is 4.57. The summed E-state index contributed by atoms with van der Waals surface area (Å²) >= 11 is 0. The maximum Gasteiger partial charge on any atom is 0.236 e. The molecule has 0 N–H and O–H groups in total. The Labute approximate surface area is 169 Å². The van der Waals surface area contributed by atoms with Crippen LogP contribution < -0.4 is 0 Å². The van der Waals surface area contributed by atoms with Crippen molar-refractivity contribution in [2.75, 3.05) is 40.3 Å². The molecule has 1 spiro atoms. The molecule has 2 fully saturated rings. The van der Waals surface area contributed by atoms with Crippen molar-refractivity contribution in [1.29, 1.82) is 0 Å². The molecule has 1 atom stereocenters. The number of benzene rings is 1. The molecule has 5 nitrogen and oxygen atoms in total. The van der Waals surface area contributed by atoms with Crippen LogP contribution in [0.5, 0.6) is 0 Å². The third-order valence-corrected chi connectivity index (χ3v) is 6.18. The minimum absolute atomic E-state index is 0.171. The van der Waals surface area contributed by atoms with Crippen LogP contribution in [0.4, 0.5) is 0 Å². The molecule has 0 aliphatic carbocycles. The van der Waals surface area contributed by atoms with Gasteiger partial charge in [0.15, 0.2) is 0 Å². The number of rotatable bonds is 6. The molecule has 2 aliphatic heterocycles. The summed E-state index contributed by atoms with van der Waals surface area (Å²) in [6.07, 6.45) is 3.43. The number of hydrogen-bond acceptors (Lipinski definition) is 3. The molecule has 154 valence electrons. The summed E-state index contributed by atoms with van der Waals surface area (Å²) < 4.78 is 0. The zero-order valence-corrected chi connectivity index (χ0v) is 17.9. The second-order valence-corrected chi connectivity index (χ2v) is 9.30. The minimum atomic E-state index is -0.275. The molecule has 3 rings (SSSR count). The van der Waals surface area contributed by atoms with Crippen LogP contribution in [-0.2, 0) is 16.0 Å². The Morgan fingerprint density at radius 1 is 1.18 bits per heavy atom.